The molecular formula is C12H25N3. The van der Waals surface area contributed by atoms with E-state index >= 15 is 0 Å². The van der Waals surface area contributed by atoms with Crippen LogP contribution in [0.4, 0.5) is 0 Å². The predicted molar refractivity (Wildman–Crippen MR) is 64.1 cm³/mol. The molecular weight excluding hydrogens is 186 g/mol. The molecule has 0 spiro atoms. The summed E-state index contributed by atoms with van der Waals surface area (Å²) in [5.41, 5.74) is 0. The summed E-state index contributed by atoms with van der Waals surface area (Å²) in [7, 11) is 4.41. The van der Waals surface area contributed by atoms with Crippen molar-refractivity contribution in [3.05, 3.63) is 0 Å². The summed E-state index contributed by atoms with van der Waals surface area (Å²) in [5, 5.41) is 3.44. The molecule has 1 N–H and O–H groups in total. The molecule has 0 aliphatic carbocycles. The monoisotopic (exact) mass is 211 g/mol. The Morgan fingerprint density at radius 2 is 1.93 bits per heavy atom. The summed E-state index contributed by atoms with van der Waals surface area (Å²) in [6, 6.07) is 0.798. The van der Waals surface area contributed by atoms with Gasteiger partial charge in [-0.15, -0.1) is 0 Å². The molecule has 0 amide bonds. The molecule has 2 rings (SSSR count). The quantitative estimate of drug-likeness (QED) is 0.738. The van der Waals surface area contributed by atoms with Crippen LogP contribution in [0.25, 0.3) is 0 Å². The molecule has 2 saturated heterocycles. The van der Waals surface area contributed by atoms with Gasteiger partial charge < -0.3 is 15.1 Å². The van der Waals surface area contributed by atoms with Gasteiger partial charge in [-0.1, -0.05) is 0 Å². The molecule has 2 heterocycles. The van der Waals surface area contributed by atoms with E-state index in [0.717, 1.165) is 12.0 Å². The van der Waals surface area contributed by atoms with Crippen LogP contribution < -0.4 is 5.32 Å². The Balaban J connectivity index is 1.71. The second-order valence-corrected chi connectivity index (χ2v) is 5.36. The van der Waals surface area contributed by atoms with Crippen LogP contribution in [-0.4, -0.2) is 62.7 Å². The van der Waals surface area contributed by atoms with Crippen molar-refractivity contribution in [1.82, 2.24) is 15.1 Å². The minimum Gasteiger partial charge on any atom is -0.317 e. The Kier molecular flexibility index (Phi) is 4.00. The highest BCUT2D eigenvalue weighted by Crippen LogP contribution is 2.18. The highest BCUT2D eigenvalue weighted by Gasteiger charge is 2.26. The number of hydrogen-bond acceptors (Lipinski definition) is 3. The van der Waals surface area contributed by atoms with Crippen LogP contribution in [0.3, 0.4) is 0 Å². The summed E-state index contributed by atoms with van der Waals surface area (Å²) in [5.74, 6) is 0.951. The Hall–Kier alpha value is -0.120. The number of rotatable bonds is 3. The first-order chi connectivity index (χ1) is 7.25. The molecule has 2 aliphatic heterocycles. The fraction of sp³-hybridized carbons (Fsp3) is 1.00. The lowest BCUT2D eigenvalue weighted by Gasteiger charge is -2.28. The lowest BCUT2D eigenvalue weighted by atomic mass is 9.98. The number of likely N-dealkylation sites (tertiary alicyclic amines) is 1. The van der Waals surface area contributed by atoms with Crippen molar-refractivity contribution in [3.63, 3.8) is 0 Å². The molecule has 0 radical (unpaired) electrons. The van der Waals surface area contributed by atoms with Gasteiger partial charge in [0.05, 0.1) is 0 Å². The maximum absolute atomic E-state index is 3.44. The largest absolute Gasteiger partial charge is 0.317 e. The molecule has 3 heteroatoms. The van der Waals surface area contributed by atoms with Gasteiger partial charge in [0.2, 0.25) is 0 Å². The molecule has 0 aromatic carbocycles. The van der Waals surface area contributed by atoms with E-state index in [1.54, 1.807) is 0 Å². The smallest absolute Gasteiger partial charge is 0.0229 e. The van der Waals surface area contributed by atoms with Crippen LogP contribution in [0.15, 0.2) is 0 Å². The summed E-state index contributed by atoms with van der Waals surface area (Å²) in [4.78, 5) is 5.04. The van der Waals surface area contributed by atoms with Gasteiger partial charge in [0.1, 0.15) is 0 Å². The van der Waals surface area contributed by atoms with Crippen LogP contribution in [0.5, 0.6) is 0 Å². The average molecular weight is 211 g/mol. The second-order valence-electron chi connectivity index (χ2n) is 5.36. The number of hydrogen-bond donors (Lipinski definition) is 1. The van der Waals surface area contributed by atoms with E-state index in [1.807, 2.05) is 0 Å². The van der Waals surface area contributed by atoms with Gasteiger partial charge >= 0.3 is 0 Å². The molecule has 15 heavy (non-hydrogen) atoms. The Morgan fingerprint density at radius 1 is 1.20 bits per heavy atom. The molecule has 0 aromatic heterocycles. The third kappa shape index (κ3) is 3.16. The maximum atomic E-state index is 3.44. The van der Waals surface area contributed by atoms with Gasteiger partial charge in [0.15, 0.2) is 0 Å². The molecule has 2 aliphatic rings. The van der Waals surface area contributed by atoms with E-state index in [1.165, 1.54) is 52.0 Å². The molecule has 0 aromatic rings. The lowest BCUT2D eigenvalue weighted by molar-refractivity contribution is 0.220. The van der Waals surface area contributed by atoms with Gasteiger partial charge in [0, 0.05) is 19.1 Å². The number of nitrogens with one attached hydrogen (secondary N) is 1. The Labute approximate surface area is 93.8 Å². The Morgan fingerprint density at radius 3 is 2.53 bits per heavy atom. The van der Waals surface area contributed by atoms with E-state index in [2.05, 4.69) is 29.2 Å². The van der Waals surface area contributed by atoms with Crippen molar-refractivity contribution < 1.29 is 0 Å². The van der Waals surface area contributed by atoms with E-state index < -0.39 is 0 Å². The third-order valence-electron chi connectivity index (χ3n) is 3.95. The van der Waals surface area contributed by atoms with Gasteiger partial charge in [-0.25, -0.2) is 0 Å². The fourth-order valence-corrected chi connectivity index (χ4v) is 2.83. The van der Waals surface area contributed by atoms with Crippen LogP contribution >= 0.6 is 0 Å². The van der Waals surface area contributed by atoms with E-state index in [9.17, 15) is 0 Å². The summed E-state index contributed by atoms with van der Waals surface area (Å²) in [6.07, 6.45) is 4.12. The summed E-state index contributed by atoms with van der Waals surface area (Å²) >= 11 is 0. The van der Waals surface area contributed by atoms with Crippen LogP contribution in [0.2, 0.25) is 0 Å². The van der Waals surface area contributed by atoms with Gasteiger partial charge in [-0.3, -0.25) is 0 Å². The second kappa shape index (κ2) is 5.28. The van der Waals surface area contributed by atoms with Gasteiger partial charge in [0.25, 0.3) is 0 Å². The van der Waals surface area contributed by atoms with E-state index in [0.29, 0.717) is 0 Å². The standard InChI is InChI=1S/C12H25N3/c1-14(2)12-5-8-15(10-12)9-11-3-6-13-7-4-11/h11-13H,3-10H2,1-2H3. The fourth-order valence-electron chi connectivity index (χ4n) is 2.83. The first-order valence-electron chi connectivity index (χ1n) is 6.35. The molecule has 1 atom stereocenters. The zero-order valence-corrected chi connectivity index (χ0v) is 10.2. The highest BCUT2D eigenvalue weighted by atomic mass is 15.2. The average Bonchev–Trinajstić information content (AvgIpc) is 2.68. The minimum atomic E-state index is 0.798. The van der Waals surface area contributed by atoms with Crippen LogP contribution in [-0.2, 0) is 0 Å². The first-order valence-corrected chi connectivity index (χ1v) is 6.35. The Bertz CT molecular complexity index is 187. The zero-order chi connectivity index (χ0) is 10.7. The lowest BCUT2D eigenvalue weighted by Crippen LogP contribution is -2.37. The normalized spacial score (nSPS) is 30.2. The number of piperidine rings is 1. The maximum Gasteiger partial charge on any atom is 0.0229 e. The van der Waals surface area contributed by atoms with E-state index in [4.69, 9.17) is 0 Å². The van der Waals surface area contributed by atoms with E-state index in [-0.39, 0.29) is 0 Å². The molecule has 2 fully saturated rings. The summed E-state index contributed by atoms with van der Waals surface area (Å²) in [6.45, 7) is 6.40. The van der Waals surface area contributed by atoms with Gasteiger partial charge in [-0.05, 0) is 58.9 Å². The molecule has 3 nitrogen and oxygen atoms in total. The van der Waals surface area contributed by atoms with Crippen molar-refractivity contribution in [2.45, 2.75) is 25.3 Å². The van der Waals surface area contributed by atoms with Crippen molar-refractivity contribution in [3.8, 4) is 0 Å². The van der Waals surface area contributed by atoms with Crippen molar-refractivity contribution in [2.24, 2.45) is 5.92 Å². The number of likely N-dealkylation sites (N-methyl/N-ethyl adjacent to an activating group) is 1. The van der Waals surface area contributed by atoms with Crippen LogP contribution in [0.1, 0.15) is 19.3 Å². The zero-order valence-electron chi connectivity index (χ0n) is 10.2. The van der Waals surface area contributed by atoms with Crippen LogP contribution in [0, 0.1) is 5.92 Å². The van der Waals surface area contributed by atoms with Gasteiger partial charge in [-0.2, -0.15) is 0 Å². The summed E-state index contributed by atoms with van der Waals surface area (Å²) < 4.78 is 0. The third-order valence-corrected chi connectivity index (χ3v) is 3.95. The molecule has 0 bridgehead atoms. The highest BCUT2D eigenvalue weighted by molar-refractivity contribution is 4.83. The molecule has 88 valence electrons. The SMILES string of the molecule is CN(C)C1CCN(CC2CCNCC2)C1. The number of nitrogens with zero attached hydrogens (tertiary/aromatic N) is 2. The topological polar surface area (TPSA) is 18.5 Å². The van der Waals surface area contributed by atoms with Crippen molar-refractivity contribution >= 4 is 0 Å². The predicted octanol–water partition coefficient (Wildman–Crippen LogP) is 0.622. The minimum absolute atomic E-state index is 0.798. The first kappa shape index (κ1) is 11.4. The molecule has 1 unspecified atom stereocenters. The molecule has 0 saturated carbocycles. The van der Waals surface area contributed by atoms with Crippen molar-refractivity contribution in [2.75, 3.05) is 46.8 Å². The van der Waals surface area contributed by atoms with Crippen molar-refractivity contribution in [1.29, 1.82) is 0 Å².